The highest BCUT2D eigenvalue weighted by Gasteiger charge is 2.18. The van der Waals surface area contributed by atoms with Gasteiger partial charge in [0.15, 0.2) is 5.82 Å². The molecule has 0 radical (unpaired) electrons. The molecule has 0 aliphatic carbocycles. The van der Waals surface area contributed by atoms with E-state index in [9.17, 15) is 4.79 Å². The van der Waals surface area contributed by atoms with E-state index in [0.717, 1.165) is 37.4 Å². The summed E-state index contributed by atoms with van der Waals surface area (Å²) in [6.45, 7) is 3.59. The maximum atomic E-state index is 12.3. The number of likely N-dealkylation sites (N-methyl/N-ethyl adjacent to an activating group) is 1. The molecular formula is C29H29ClN8O. The summed E-state index contributed by atoms with van der Waals surface area (Å²) in [6.07, 6.45) is 3.89. The lowest BCUT2D eigenvalue weighted by Gasteiger charge is -2.32. The first-order valence-corrected chi connectivity index (χ1v) is 13.0. The Morgan fingerprint density at radius 3 is 2.05 bits per heavy atom. The number of hydrogen-bond donors (Lipinski definition) is 3. The number of halogens is 1. The summed E-state index contributed by atoms with van der Waals surface area (Å²) in [7, 11) is 2.12. The minimum absolute atomic E-state index is 0.345. The number of hydrogen-bond acceptors (Lipinski definition) is 7. The quantitative estimate of drug-likeness (QED) is 0.271. The van der Waals surface area contributed by atoms with E-state index in [1.165, 1.54) is 0 Å². The molecule has 5 rings (SSSR count). The average Bonchev–Trinajstić information content (AvgIpc) is 2.95. The number of nitrogens with zero attached hydrogens (tertiary/aromatic N) is 5. The van der Waals surface area contributed by atoms with Gasteiger partial charge in [-0.25, -0.2) is 4.79 Å². The van der Waals surface area contributed by atoms with Crippen LogP contribution in [0.25, 0.3) is 12.2 Å². The second kappa shape index (κ2) is 12.4. The van der Waals surface area contributed by atoms with Crippen LogP contribution in [0.15, 0.2) is 78.9 Å². The van der Waals surface area contributed by atoms with Crippen molar-refractivity contribution in [1.82, 2.24) is 19.9 Å². The minimum Gasteiger partial charge on any atom is -0.338 e. The van der Waals surface area contributed by atoms with Crippen molar-refractivity contribution in [2.45, 2.75) is 0 Å². The van der Waals surface area contributed by atoms with E-state index >= 15 is 0 Å². The molecule has 1 saturated heterocycles. The molecule has 4 aromatic rings. The second-order valence-electron chi connectivity index (χ2n) is 9.14. The molecule has 39 heavy (non-hydrogen) atoms. The molecule has 1 aliphatic heterocycles. The van der Waals surface area contributed by atoms with Crippen LogP contribution >= 0.6 is 11.6 Å². The molecule has 3 N–H and O–H groups in total. The molecule has 0 spiro atoms. The maximum absolute atomic E-state index is 12.3. The zero-order chi connectivity index (χ0) is 27.0. The van der Waals surface area contributed by atoms with E-state index in [1.54, 1.807) is 24.3 Å². The fourth-order valence-corrected chi connectivity index (χ4v) is 4.11. The van der Waals surface area contributed by atoms with Gasteiger partial charge < -0.3 is 25.8 Å². The van der Waals surface area contributed by atoms with Crippen molar-refractivity contribution in [2.75, 3.05) is 54.1 Å². The van der Waals surface area contributed by atoms with Crippen LogP contribution in [-0.4, -0.2) is 59.1 Å². The molecule has 0 bridgehead atoms. The van der Waals surface area contributed by atoms with Crippen molar-refractivity contribution in [3.63, 3.8) is 0 Å². The standard InChI is InChI=1S/C29H29ClN8O/c1-37-17-19-38(20-18-37)28-35-26(16-7-21-5-3-2-4-6-21)34-27(36-28)31-23-12-14-25(15-13-23)33-29(39)32-24-10-8-22(30)9-11-24/h2-16H,17-20H2,1H3,(H2,32,33,39)(H,31,34,35,36). The van der Waals surface area contributed by atoms with Crippen molar-refractivity contribution in [1.29, 1.82) is 0 Å². The number of aromatic nitrogens is 3. The van der Waals surface area contributed by atoms with Crippen LogP contribution in [-0.2, 0) is 0 Å². The van der Waals surface area contributed by atoms with E-state index in [0.29, 0.717) is 34.1 Å². The van der Waals surface area contributed by atoms with Crippen LogP contribution in [0.3, 0.4) is 0 Å². The first kappa shape index (κ1) is 26.1. The summed E-state index contributed by atoms with van der Waals surface area (Å²) in [5.74, 6) is 1.67. The van der Waals surface area contributed by atoms with Crippen LogP contribution in [0.2, 0.25) is 5.02 Å². The van der Waals surface area contributed by atoms with Gasteiger partial charge in [-0.15, -0.1) is 0 Å². The Hall–Kier alpha value is -4.47. The largest absolute Gasteiger partial charge is 0.338 e. The summed E-state index contributed by atoms with van der Waals surface area (Å²) in [5.41, 5.74) is 3.15. The summed E-state index contributed by atoms with van der Waals surface area (Å²) in [6, 6.07) is 23.9. The van der Waals surface area contributed by atoms with Crippen molar-refractivity contribution in [3.05, 3.63) is 95.3 Å². The van der Waals surface area contributed by atoms with Crippen LogP contribution in [0, 0.1) is 0 Å². The topological polar surface area (TPSA) is 98.3 Å². The van der Waals surface area contributed by atoms with E-state index < -0.39 is 0 Å². The molecule has 2 amide bonds. The summed E-state index contributed by atoms with van der Waals surface area (Å²) in [5, 5.41) is 9.49. The second-order valence-corrected chi connectivity index (χ2v) is 9.58. The molecule has 9 nitrogen and oxygen atoms in total. The minimum atomic E-state index is -0.345. The van der Waals surface area contributed by atoms with E-state index in [1.807, 2.05) is 66.7 Å². The van der Waals surface area contributed by atoms with Crippen molar-refractivity contribution >= 4 is 58.7 Å². The number of amides is 2. The van der Waals surface area contributed by atoms with Gasteiger partial charge >= 0.3 is 6.03 Å². The third kappa shape index (κ3) is 7.53. The zero-order valence-corrected chi connectivity index (χ0v) is 22.3. The molecule has 0 unspecified atom stereocenters. The van der Waals surface area contributed by atoms with Gasteiger partial charge in [-0.2, -0.15) is 15.0 Å². The van der Waals surface area contributed by atoms with E-state index in [2.05, 4.69) is 37.8 Å². The SMILES string of the molecule is CN1CCN(c2nc(C=Cc3ccccc3)nc(Nc3ccc(NC(=O)Nc4ccc(Cl)cc4)cc3)n2)CC1. The Kier molecular flexibility index (Phi) is 8.30. The highest BCUT2D eigenvalue weighted by Crippen LogP contribution is 2.21. The molecule has 198 valence electrons. The molecule has 0 atom stereocenters. The Morgan fingerprint density at radius 1 is 0.769 bits per heavy atom. The Balaban J connectivity index is 1.29. The predicted octanol–water partition coefficient (Wildman–Crippen LogP) is 5.83. The van der Waals surface area contributed by atoms with E-state index in [4.69, 9.17) is 21.6 Å². The fraction of sp³-hybridized carbons (Fsp3) is 0.172. The van der Waals surface area contributed by atoms with Crippen molar-refractivity contribution < 1.29 is 4.79 Å². The fourth-order valence-electron chi connectivity index (χ4n) is 3.99. The number of carbonyl (C=O) groups excluding carboxylic acids is 1. The van der Waals surface area contributed by atoms with Gasteiger partial charge in [0.25, 0.3) is 0 Å². The zero-order valence-electron chi connectivity index (χ0n) is 21.5. The number of piperazine rings is 1. The molecule has 1 aromatic heterocycles. The molecule has 10 heteroatoms. The molecule has 1 aliphatic rings. The van der Waals surface area contributed by atoms with Gasteiger partial charge in [0, 0.05) is 48.3 Å². The van der Waals surface area contributed by atoms with Gasteiger partial charge in [-0.1, -0.05) is 48.0 Å². The van der Waals surface area contributed by atoms with Gasteiger partial charge in [-0.3, -0.25) is 0 Å². The van der Waals surface area contributed by atoms with Gasteiger partial charge in [-0.05, 0) is 67.2 Å². The van der Waals surface area contributed by atoms with Gasteiger partial charge in [0.2, 0.25) is 11.9 Å². The van der Waals surface area contributed by atoms with Crippen LogP contribution < -0.4 is 20.9 Å². The van der Waals surface area contributed by atoms with Crippen molar-refractivity contribution in [2.24, 2.45) is 0 Å². The van der Waals surface area contributed by atoms with Crippen LogP contribution in [0.4, 0.5) is 33.8 Å². The molecule has 1 fully saturated rings. The first-order chi connectivity index (χ1) is 19.0. The Bertz CT molecular complexity index is 1420. The molecular weight excluding hydrogens is 512 g/mol. The third-order valence-corrected chi connectivity index (χ3v) is 6.40. The summed E-state index contributed by atoms with van der Waals surface area (Å²) in [4.78, 5) is 30.9. The lowest BCUT2D eigenvalue weighted by Crippen LogP contribution is -2.45. The van der Waals surface area contributed by atoms with Crippen molar-refractivity contribution in [3.8, 4) is 0 Å². The number of anilines is 5. The molecule has 0 saturated carbocycles. The average molecular weight is 541 g/mol. The van der Waals surface area contributed by atoms with Crippen LogP contribution in [0.5, 0.6) is 0 Å². The molecule has 2 heterocycles. The number of carbonyl (C=O) groups is 1. The number of urea groups is 1. The highest BCUT2D eigenvalue weighted by molar-refractivity contribution is 6.30. The Labute approximate surface area is 232 Å². The third-order valence-electron chi connectivity index (χ3n) is 6.15. The predicted molar refractivity (Wildman–Crippen MR) is 159 cm³/mol. The highest BCUT2D eigenvalue weighted by atomic mass is 35.5. The van der Waals surface area contributed by atoms with Gasteiger partial charge in [0.1, 0.15) is 0 Å². The lowest BCUT2D eigenvalue weighted by atomic mass is 10.2. The summed E-state index contributed by atoms with van der Waals surface area (Å²) < 4.78 is 0. The number of rotatable bonds is 7. The monoisotopic (exact) mass is 540 g/mol. The normalized spacial score (nSPS) is 13.8. The smallest absolute Gasteiger partial charge is 0.323 e. The number of nitrogens with one attached hydrogen (secondary N) is 3. The Morgan fingerprint density at radius 2 is 1.38 bits per heavy atom. The van der Waals surface area contributed by atoms with Crippen LogP contribution in [0.1, 0.15) is 11.4 Å². The maximum Gasteiger partial charge on any atom is 0.323 e. The van der Waals surface area contributed by atoms with Gasteiger partial charge in [0.05, 0.1) is 0 Å². The number of benzene rings is 3. The lowest BCUT2D eigenvalue weighted by molar-refractivity contribution is 0.262. The first-order valence-electron chi connectivity index (χ1n) is 12.6. The van der Waals surface area contributed by atoms with E-state index in [-0.39, 0.29) is 6.03 Å². The molecule has 3 aromatic carbocycles. The summed E-state index contributed by atoms with van der Waals surface area (Å²) >= 11 is 5.90.